The maximum Gasteiger partial charge on any atom is 0.101 e. The van der Waals surface area contributed by atoms with Crippen LogP contribution in [0.3, 0.4) is 0 Å². The molecule has 0 bridgehead atoms. The minimum absolute atomic E-state index is 0.461. The molecule has 0 radical (unpaired) electrons. The first-order valence-electron chi connectivity index (χ1n) is 11.9. The molecular formula is C27H32N6. The van der Waals surface area contributed by atoms with Gasteiger partial charge in [-0.1, -0.05) is 12.1 Å². The van der Waals surface area contributed by atoms with Crippen LogP contribution in [0.15, 0.2) is 48.7 Å². The molecule has 6 nitrogen and oxygen atoms in total. The second-order valence-electron chi connectivity index (χ2n) is 9.24. The molecule has 0 aliphatic carbocycles. The maximum atomic E-state index is 9.45. The summed E-state index contributed by atoms with van der Waals surface area (Å²) in [4.78, 5) is 12.0. The lowest BCUT2D eigenvalue weighted by Gasteiger charge is -2.42. The van der Waals surface area contributed by atoms with Gasteiger partial charge in [0.15, 0.2) is 0 Å². The van der Waals surface area contributed by atoms with E-state index in [1.807, 2.05) is 12.1 Å². The van der Waals surface area contributed by atoms with Crippen molar-refractivity contribution in [2.75, 3.05) is 56.1 Å². The van der Waals surface area contributed by atoms with Crippen molar-refractivity contribution >= 4 is 22.3 Å². The highest BCUT2D eigenvalue weighted by atomic mass is 15.3. The second kappa shape index (κ2) is 9.38. The summed E-state index contributed by atoms with van der Waals surface area (Å²) in [5, 5.41) is 14.0. The lowest BCUT2D eigenvalue weighted by atomic mass is 9.98. The number of benzene rings is 2. The van der Waals surface area contributed by atoms with Gasteiger partial charge in [0.25, 0.3) is 0 Å². The van der Waals surface area contributed by atoms with Gasteiger partial charge in [-0.15, -0.1) is 0 Å². The van der Waals surface area contributed by atoms with E-state index in [4.69, 9.17) is 0 Å². The number of nitrogens with zero attached hydrogens (tertiary/aromatic N) is 5. The van der Waals surface area contributed by atoms with E-state index in [0.29, 0.717) is 11.6 Å². The standard InChI is InChI=1S/C27H32N6/c1-20-19-33(26-9-8-21(17-28)27-24(26)6-4-11-30-27)16-15-32(20)14-13-31(2)25-7-3-5-22-18-29-12-10-23(22)25/h3-9,11,20,29H,10,12-16,18-19H2,1-2H3/t20-/m1/s1. The molecule has 2 aliphatic rings. The van der Waals surface area contributed by atoms with E-state index in [0.717, 1.165) is 63.1 Å². The van der Waals surface area contributed by atoms with E-state index in [9.17, 15) is 5.26 Å². The van der Waals surface area contributed by atoms with Crippen LogP contribution in [0, 0.1) is 11.3 Å². The highest BCUT2D eigenvalue weighted by Crippen LogP contribution is 2.30. The van der Waals surface area contributed by atoms with Crippen LogP contribution < -0.4 is 15.1 Å². The number of anilines is 2. The van der Waals surface area contributed by atoms with Crippen molar-refractivity contribution in [2.24, 2.45) is 0 Å². The summed E-state index contributed by atoms with van der Waals surface area (Å²) in [5.41, 5.74) is 6.97. The molecule has 1 atom stereocenters. The van der Waals surface area contributed by atoms with Crippen LogP contribution >= 0.6 is 0 Å². The third kappa shape index (κ3) is 4.27. The fourth-order valence-corrected chi connectivity index (χ4v) is 5.34. The summed E-state index contributed by atoms with van der Waals surface area (Å²) in [7, 11) is 2.23. The molecule has 1 saturated heterocycles. The average molecular weight is 441 g/mol. The topological polar surface area (TPSA) is 58.4 Å². The van der Waals surface area contributed by atoms with Crippen LogP contribution in [-0.2, 0) is 13.0 Å². The number of nitriles is 1. The van der Waals surface area contributed by atoms with Gasteiger partial charge in [0.1, 0.15) is 6.07 Å². The molecule has 0 saturated carbocycles. The third-order valence-electron chi connectivity index (χ3n) is 7.22. The molecule has 3 aromatic rings. The summed E-state index contributed by atoms with van der Waals surface area (Å²) >= 11 is 0. The Kier molecular flexibility index (Phi) is 6.17. The Balaban J connectivity index is 1.25. The second-order valence-corrected chi connectivity index (χ2v) is 9.24. The largest absolute Gasteiger partial charge is 0.373 e. The lowest BCUT2D eigenvalue weighted by Crippen LogP contribution is -2.53. The zero-order valence-electron chi connectivity index (χ0n) is 19.6. The Morgan fingerprint density at radius 1 is 1.18 bits per heavy atom. The quantitative estimate of drug-likeness (QED) is 0.656. The molecule has 5 rings (SSSR count). The fourth-order valence-electron chi connectivity index (χ4n) is 5.34. The van der Waals surface area contributed by atoms with Gasteiger partial charge in [-0.05, 0) is 61.3 Å². The minimum atomic E-state index is 0.461. The summed E-state index contributed by atoms with van der Waals surface area (Å²) in [5.74, 6) is 0. The number of hydrogen-bond acceptors (Lipinski definition) is 6. The van der Waals surface area contributed by atoms with Gasteiger partial charge in [0.05, 0.1) is 11.1 Å². The lowest BCUT2D eigenvalue weighted by molar-refractivity contribution is 0.194. The number of fused-ring (bicyclic) bond motifs is 2. The highest BCUT2D eigenvalue weighted by Gasteiger charge is 2.25. The number of aromatic nitrogens is 1. The van der Waals surface area contributed by atoms with E-state index >= 15 is 0 Å². The van der Waals surface area contributed by atoms with Gasteiger partial charge in [-0.25, -0.2) is 0 Å². The Labute approximate surface area is 196 Å². The first-order valence-corrected chi connectivity index (χ1v) is 11.9. The number of likely N-dealkylation sites (N-methyl/N-ethyl adjacent to an activating group) is 1. The Hall–Kier alpha value is -3.14. The molecule has 0 unspecified atom stereocenters. The normalized spacial score (nSPS) is 18.7. The van der Waals surface area contributed by atoms with Gasteiger partial charge in [0, 0.05) is 75.3 Å². The van der Waals surface area contributed by atoms with Gasteiger partial charge in [0.2, 0.25) is 0 Å². The fraction of sp³-hybridized carbons (Fsp3) is 0.407. The van der Waals surface area contributed by atoms with E-state index < -0.39 is 0 Å². The molecule has 1 fully saturated rings. The summed E-state index contributed by atoms with van der Waals surface area (Å²) < 4.78 is 0. The van der Waals surface area contributed by atoms with E-state index in [1.54, 1.807) is 6.20 Å². The SMILES string of the molecule is C[C@@H]1CN(c2ccc(C#N)c3ncccc23)CCN1CCN(C)c1cccc2c1CCNC2. The molecular weight excluding hydrogens is 408 g/mol. The summed E-state index contributed by atoms with van der Waals surface area (Å²) in [6, 6.07) is 17.5. The van der Waals surface area contributed by atoms with Crippen LogP contribution in [-0.4, -0.2) is 62.2 Å². The molecule has 1 aromatic heterocycles. The van der Waals surface area contributed by atoms with Crippen molar-refractivity contribution in [1.82, 2.24) is 15.2 Å². The summed E-state index contributed by atoms with van der Waals surface area (Å²) in [6.07, 6.45) is 2.88. The Morgan fingerprint density at radius 3 is 2.94 bits per heavy atom. The van der Waals surface area contributed by atoms with Crippen LogP contribution in [0.1, 0.15) is 23.6 Å². The molecule has 1 N–H and O–H groups in total. The van der Waals surface area contributed by atoms with E-state index in [-0.39, 0.29) is 0 Å². The molecule has 2 aromatic carbocycles. The molecule has 0 amide bonds. The van der Waals surface area contributed by atoms with Gasteiger partial charge in [-0.3, -0.25) is 9.88 Å². The molecule has 33 heavy (non-hydrogen) atoms. The predicted octanol–water partition coefficient (Wildman–Crippen LogP) is 3.40. The maximum absolute atomic E-state index is 9.45. The molecule has 6 heteroatoms. The van der Waals surface area contributed by atoms with E-state index in [2.05, 4.69) is 75.4 Å². The van der Waals surface area contributed by atoms with Crippen LogP contribution in [0.4, 0.5) is 11.4 Å². The van der Waals surface area contributed by atoms with Crippen LogP contribution in [0.5, 0.6) is 0 Å². The number of piperazine rings is 1. The minimum Gasteiger partial charge on any atom is -0.373 e. The van der Waals surface area contributed by atoms with Gasteiger partial charge in [-0.2, -0.15) is 5.26 Å². The molecule has 3 heterocycles. The highest BCUT2D eigenvalue weighted by molar-refractivity contribution is 5.95. The number of rotatable bonds is 5. The zero-order valence-corrected chi connectivity index (χ0v) is 19.6. The van der Waals surface area contributed by atoms with Crippen LogP contribution in [0.25, 0.3) is 10.9 Å². The zero-order chi connectivity index (χ0) is 22.8. The first kappa shape index (κ1) is 21.7. The van der Waals surface area contributed by atoms with Gasteiger partial charge >= 0.3 is 0 Å². The van der Waals surface area contributed by atoms with Crippen molar-refractivity contribution in [1.29, 1.82) is 5.26 Å². The van der Waals surface area contributed by atoms with Crippen molar-refractivity contribution in [3.8, 4) is 6.07 Å². The molecule has 170 valence electrons. The average Bonchev–Trinajstić information content (AvgIpc) is 2.86. The summed E-state index contributed by atoms with van der Waals surface area (Å²) in [6.45, 7) is 9.45. The Morgan fingerprint density at radius 2 is 2.09 bits per heavy atom. The van der Waals surface area contributed by atoms with Crippen molar-refractivity contribution < 1.29 is 0 Å². The van der Waals surface area contributed by atoms with Crippen molar-refractivity contribution in [3.63, 3.8) is 0 Å². The number of hydrogen-bond donors (Lipinski definition) is 1. The molecule has 2 aliphatic heterocycles. The first-order chi connectivity index (χ1) is 16.2. The predicted molar refractivity (Wildman–Crippen MR) is 135 cm³/mol. The van der Waals surface area contributed by atoms with Crippen molar-refractivity contribution in [3.05, 3.63) is 65.4 Å². The number of nitrogens with one attached hydrogen (secondary N) is 1. The van der Waals surface area contributed by atoms with E-state index in [1.165, 1.54) is 22.5 Å². The monoisotopic (exact) mass is 440 g/mol. The number of pyridine rings is 1. The Bertz CT molecular complexity index is 1180. The smallest absolute Gasteiger partial charge is 0.101 e. The third-order valence-corrected chi connectivity index (χ3v) is 7.22. The van der Waals surface area contributed by atoms with Crippen LogP contribution in [0.2, 0.25) is 0 Å². The molecule has 0 spiro atoms. The van der Waals surface area contributed by atoms with Crippen molar-refractivity contribution in [2.45, 2.75) is 25.9 Å². The van der Waals surface area contributed by atoms with Gasteiger partial charge < -0.3 is 15.1 Å².